The number of aromatic nitrogens is 3. The molecule has 1 amide bonds. The second-order valence-electron chi connectivity index (χ2n) is 8.72. The fourth-order valence-electron chi connectivity index (χ4n) is 4.72. The smallest absolute Gasteiger partial charge is 0.253 e. The lowest BCUT2D eigenvalue weighted by atomic mass is 9.67. The van der Waals surface area contributed by atoms with Crippen molar-refractivity contribution in [2.75, 3.05) is 18.0 Å². The summed E-state index contributed by atoms with van der Waals surface area (Å²) in [7, 11) is 1.96. The molecule has 0 radical (unpaired) electrons. The van der Waals surface area contributed by atoms with Crippen molar-refractivity contribution in [3.8, 4) is 0 Å². The molecule has 1 N–H and O–H groups in total. The highest BCUT2D eigenvalue weighted by molar-refractivity contribution is 5.94. The van der Waals surface area contributed by atoms with Gasteiger partial charge in [-0.2, -0.15) is 5.10 Å². The largest absolute Gasteiger partial charge is 0.356 e. The van der Waals surface area contributed by atoms with Crippen LogP contribution in [0.2, 0.25) is 0 Å². The van der Waals surface area contributed by atoms with Gasteiger partial charge in [0, 0.05) is 37.9 Å². The summed E-state index contributed by atoms with van der Waals surface area (Å²) < 4.78 is 15.2. The van der Waals surface area contributed by atoms with E-state index in [1.165, 1.54) is 18.5 Å². The second kappa shape index (κ2) is 6.57. The topological polar surface area (TPSA) is 63.1 Å². The molecule has 3 heterocycles. The zero-order valence-corrected chi connectivity index (χ0v) is 16.2. The van der Waals surface area contributed by atoms with E-state index in [1.54, 1.807) is 6.20 Å². The molecule has 2 aromatic rings. The number of carbonyl (C=O) groups excluding carboxylic acids is 1. The summed E-state index contributed by atoms with van der Waals surface area (Å²) in [6.07, 6.45) is 5.86. The molecule has 1 aliphatic heterocycles. The number of aryl methyl sites for hydroxylation is 1. The van der Waals surface area contributed by atoms with Crippen molar-refractivity contribution in [1.82, 2.24) is 20.1 Å². The van der Waals surface area contributed by atoms with E-state index in [1.807, 2.05) is 23.9 Å². The summed E-state index contributed by atoms with van der Waals surface area (Å²) in [6.45, 7) is 2.20. The molecular weight excluding hydrogens is 357 g/mol. The van der Waals surface area contributed by atoms with Gasteiger partial charge in [-0.3, -0.25) is 9.48 Å². The van der Waals surface area contributed by atoms with Gasteiger partial charge in [-0.15, -0.1) is 0 Å². The summed E-state index contributed by atoms with van der Waals surface area (Å²) in [4.78, 5) is 19.1. The molecule has 3 aliphatic rings. The number of nitrogens with zero attached hydrogens (tertiary/aromatic N) is 4. The van der Waals surface area contributed by atoms with Crippen LogP contribution in [0.25, 0.3) is 0 Å². The highest BCUT2D eigenvalue weighted by atomic mass is 19.1. The number of nitrogens with one attached hydrogen (secondary N) is 1. The lowest BCUT2D eigenvalue weighted by molar-refractivity contribution is 0.0450. The Bertz CT molecular complexity index is 883. The Kier molecular flexibility index (Phi) is 4.14. The number of hydrogen-bond donors (Lipinski definition) is 1. The molecule has 5 rings (SSSR count). The highest BCUT2D eigenvalue weighted by Crippen LogP contribution is 2.50. The number of carbonyl (C=O) groups is 1. The van der Waals surface area contributed by atoms with Crippen LogP contribution in [0.15, 0.2) is 24.4 Å². The van der Waals surface area contributed by atoms with Crippen LogP contribution in [0.5, 0.6) is 0 Å². The van der Waals surface area contributed by atoms with Gasteiger partial charge in [-0.25, -0.2) is 9.37 Å². The van der Waals surface area contributed by atoms with Gasteiger partial charge in [0.05, 0.1) is 17.8 Å². The molecule has 0 aromatic carbocycles. The number of hydrogen-bond acceptors (Lipinski definition) is 4. The SMILES string of the molecule is Cn1nc(CNC(=O)c2ccc(N3CCC4(CC(F)C4)C3)nc2)cc1C1CC1. The number of anilines is 1. The lowest BCUT2D eigenvalue weighted by Gasteiger charge is -2.41. The van der Waals surface area contributed by atoms with Crippen molar-refractivity contribution in [1.29, 1.82) is 0 Å². The Balaban J connectivity index is 1.17. The van der Waals surface area contributed by atoms with Crippen molar-refractivity contribution >= 4 is 11.7 Å². The molecule has 2 saturated carbocycles. The number of pyridine rings is 1. The summed E-state index contributed by atoms with van der Waals surface area (Å²) in [5.41, 5.74) is 2.84. The van der Waals surface area contributed by atoms with Crippen LogP contribution in [0.1, 0.15) is 59.8 Å². The van der Waals surface area contributed by atoms with Crippen LogP contribution < -0.4 is 10.2 Å². The standard InChI is InChI=1S/C21H26FN5O/c1-26-18(14-2-3-14)8-17(25-26)12-24-20(28)15-4-5-19(23-11-15)27-7-6-21(13-27)9-16(22)10-21/h4-5,8,11,14,16H,2-3,6-7,9-10,12-13H2,1H3,(H,24,28). The van der Waals surface area contributed by atoms with E-state index in [-0.39, 0.29) is 11.3 Å². The van der Waals surface area contributed by atoms with Crippen molar-refractivity contribution in [2.24, 2.45) is 12.5 Å². The van der Waals surface area contributed by atoms with Crippen LogP contribution in [0.3, 0.4) is 0 Å². The molecule has 2 aliphatic carbocycles. The third-order valence-corrected chi connectivity index (χ3v) is 6.47. The maximum atomic E-state index is 13.3. The quantitative estimate of drug-likeness (QED) is 0.862. The molecule has 1 spiro atoms. The van der Waals surface area contributed by atoms with Gasteiger partial charge in [0.2, 0.25) is 0 Å². The van der Waals surface area contributed by atoms with Gasteiger partial charge < -0.3 is 10.2 Å². The second-order valence-corrected chi connectivity index (χ2v) is 8.72. The van der Waals surface area contributed by atoms with Crippen molar-refractivity contribution < 1.29 is 9.18 Å². The van der Waals surface area contributed by atoms with Crippen LogP contribution in [-0.4, -0.2) is 39.9 Å². The Morgan fingerprint density at radius 1 is 1.36 bits per heavy atom. The number of alkyl halides is 1. The first kappa shape index (κ1) is 17.6. The monoisotopic (exact) mass is 383 g/mol. The molecule has 3 fully saturated rings. The van der Waals surface area contributed by atoms with Crippen molar-refractivity contribution in [2.45, 2.75) is 50.7 Å². The zero-order chi connectivity index (χ0) is 19.3. The molecule has 6 nitrogen and oxygen atoms in total. The lowest BCUT2D eigenvalue weighted by Crippen LogP contribution is -2.41. The number of rotatable bonds is 5. The molecule has 0 atom stereocenters. The average molecular weight is 383 g/mol. The van der Waals surface area contributed by atoms with Crippen LogP contribution in [0.4, 0.5) is 10.2 Å². The molecule has 2 aromatic heterocycles. The minimum Gasteiger partial charge on any atom is -0.356 e. The summed E-state index contributed by atoms with van der Waals surface area (Å²) in [5, 5.41) is 7.42. The predicted molar refractivity (Wildman–Crippen MR) is 104 cm³/mol. The van der Waals surface area contributed by atoms with E-state index < -0.39 is 6.17 Å². The minimum absolute atomic E-state index is 0.144. The summed E-state index contributed by atoms with van der Waals surface area (Å²) >= 11 is 0. The van der Waals surface area contributed by atoms with Gasteiger partial charge >= 0.3 is 0 Å². The highest BCUT2D eigenvalue weighted by Gasteiger charge is 2.49. The molecular formula is C21H26FN5O. The molecule has 0 bridgehead atoms. The maximum absolute atomic E-state index is 13.3. The molecule has 7 heteroatoms. The van der Waals surface area contributed by atoms with E-state index in [2.05, 4.69) is 26.4 Å². The fraction of sp³-hybridized carbons (Fsp3) is 0.571. The summed E-state index contributed by atoms with van der Waals surface area (Å²) in [6, 6.07) is 5.80. The summed E-state index contributed by atoms with van der Waals surface area (Å²) in [5.74, 6) is 1.36. The van der Waals surface area contributed by atoms with Crippen LogP contribution >= 0.6 is 0 Å². The Morgan fingerprint density at radius 3 is 2.86 bits per heavy atom. The number of amides is 1. The van der Waals surface area contributed by atoms with Gasteiger partial charge in [0.15, 0.2) is 0 Å². The average Bonchev–Trinajstić information content (AvgIpc) is 3.31. The van der Waals surface area contributed by atoms with Crippen LogP contribution in [0, 0.1) is 5.41 Å². The Hall–Kier alpha value is -2.44. The predicted octanol–water partition coefficient (Wildman–Crippen LogP) is 2.95. The van der Waals surface area contributed by atoms with Crippen LogP contribution in [-0.2, 0) is 13.6 Å². The van der Waals surface area contributed by atoms with Gasteiger partial charge in [0.25, 0.3) is 5.91 Å². The molecule has 28 heavy (non-hydrogen) atoms. The zero-order valence-electron chi connectivity index (χ0n) is 16.2. The van der Waals surface area contributed by atoms with E-state index in [0.29, 0.717) is 30.9 Å². The van der Waals surface area contributed by atoms with Crippen molar-refractivity contribution in [3.63, 3.8) is 0 Å². The van der Waals surface area contributed by atoms with Gasteiger partial charge in [0.1, 0.15) is 12.0 Å². The Morgan fingerprint density at radius 2 is 2.18 bits per heavy atom. The van der Waals surface area contributed by atoms with Crippen molar-refractivity contribution in [3.05, 3.63) is 41.3 Å². The van der Waals surface area contributed by atoms with E-state index in [0.717, 1.165) is 31.0 Å². The van der Waals surface area contributed by atoms with Gasteiger partial charge in [-0.05, 0) is 55.7 Å². The molecule has 0 unspecified atom stereocenters. The first-order chi connectivity index (χ1) is 13.5. The first-order valence-electron chi connectivity index (χ1n) is 10.2. The fourth-order valence-corrected chi connectivity index (χ4v) is 4.72. The van der Waals surface area contributed by atoms with E-state index in [9.17, 15) is 9.18 Å². The third-order valence-electron chi connectivity index (χ3n) is 6.47. The van der Waals surface area contributed by atoms with Gasteiger partial charge in [-0.1, -0.05) is 0 Å². The van der Waals surface area contributed by atoms with E-state index in [4.69, 9.17) is 0 Å². The third kappa shape index (κ3) is 3.27. The maximum Gasteiger partial charge on any atom is 0.253 e. The number of halogens is 1. The molecule has 148 valence electrons. The first-order valence-corrected chi connectivity index (χ1v) is 10.2. The Labute approximate surface area is 164 Å². The minimum atomic E-state index is -0.626. The van der Waals surface area contributed by atoms with E-state index >= 15 is 0 Å². The normalized spacial score (nSPS) is 26.5. The molecule has 1 saturated heterocycles.